The van der Waals surface area contributed by atoms with Gasteiger partial charge in [-0.2, -0.15) is 5.10 Å². The van der Waals surface area contributed by atoms with E-state index in [4.69, 9.17) is 23.2 Å². The third-order valence-electron chi connectivity index (χ3n) is 3.48. The van der Waals surface area contributed by atoms with E-state index < -0.39 is 0 Å². The van der Waals surface area contributed by atoms with Crippen molar-refractivity contribution < 1.29 is 0 Å². The number of halogens is 2. The van der Waals surface area contributed by atoms with Gasteiger partial charge in [0.1, 0.15) is 0 Å². The van der Waals surface area contributed by atoms with Crippen molar-refractivity contribution in [2.24, 2.45) is 7.05 Å². The summed E-state index contributed by atoms with van der Waals surface area (Å²) in [5, 5.41) is 9.01. The van der Waals surface area contributed by atoms with Crippen LogP contribution in [0, 0.1) is 6.92 Å². The molecule has 0 bridgehead atoms. The molecule has 1 fully saturated rings. The molecule has 2 rings (SSSR count). The molecule has 1 aromatic heterocycles. The molecular formula is C12H19Cl2N3. The first-order valence-corrected chi connectivity index (χ1v) is 6.94. The fraction of sp³-hybridized carbons (Fsp3) is 0.750. The zero-order valence-electron chi connectivity index (χ0n) is 10.3. The Hall–Kier alpha value is -0.250. The Morgan fingerprint density at radius 1 is 1.35 bits per heavy atom. The van der Waals surface area contributed by atoms with E-state index in [2.05, 4.69) is 10.4 Å². The Labute approximate surface area is 112 Å². The van der Waals surface area contributed by atoms with Gasteiger partial charge >= 0.3 is 0 Å². The fourth-order valence-corrected chi connectivity index (χ4v) is 2.85. The Balaban J connectivity index is 1.89. The van der Waals surface area contributed by atoms with E-state index in [0.717, 1.165) is 48.6 Å². The number of hydrogen-bond donors (Lipinski definition) is 1. The smallest absolute Gasteiger partial charge is 0.0860 e. The van der Waals surface area contributed by atoms with E-state index in [0.29, 0.717) is 11.4 Å². The van der Waals surface area contributed by atoms with Gasteiger partial charge < -0.3 is 5.32 Å². The van der Waals surface area contributed by atoms with Crippen LogP contribution in [0.1, 0.15) is 37.1 Å². The molecular weight excluding hydrogens is 257 g/mol. The van der Waals surface area contributed by atoms with Gasteiger partial charge in [0.25, 0.3) is 0 Å². The molecule has 0 aliphatic heterocycles. The Kier molecular flexibility index (Phi) is 4.34. The van der Waals surface area contributed by atoms with Gasteiger partial charge in [-0.05, 0) is 32.6 Å². The second-order valence-electron chi connectivity index (χ2n) is 4.80. The van der Waals surface area contributed by atoms with Crippen LogP contribution in [0.15, 0.2) is 0 Å². The molecule has 17 heavy (non-hydrogen) atoms. The SMILES string of the molecule is Cc1nn(C)c(CNC2CCC(Cl)CC2)c1Cl. The third-order valence-corrected chi connectivity index (χ3v) is 4.40. The fourth-order valence-electron chi connectivity index (χ4n) is 2.37. The van der Waals surface area contributed by atoms with Gasteiger partial charge in [-0.15, -0.1) is 11.6 Å². The van der Waals surface area contributed by atoms with Crippen molar-refractivity contribution in [3.63, 3.8) is 0 Å². The number of alkyl halides is 1. The second kappa shape index (κ2) is 5.59. The molecule has 1 saturated carbocycles. The summed E-state index contributed by atoms with van der Waals surface area (Å²) in [5.74, 6) is 0. The van der Waals surface area contributed by atoms with E-state index in [1.165, 1.54) is 0 Å². The van der Waals surface area contributed by atoms with Gasteiger partial charge in [0.2, 0.25) is 0 Å². The van der Waals surface area contributed by atoms with Crippen molar-refractivity contribution in [1.82, 2.24) is 15.1 Å². The quantitative estimate of drug-likeness (QED) is 0.860. The Bertz CT molecular complexity index is 381. The van der Waals surface area contributed by atoms with E-state index in [1.54, 1.807) is 0 Å². The van der Waals surface area contributed by atoms with Crippen LogP contribution >= 0.6 is 23.2 Å². The standard InChI is InChI=1S/C12H19Cl2N3/c1-8-12(14)11(17(2)16-8)7-15-10-5-3-9(13)4-6-10/h9-10,15H,3-7H2,1-2H3. The number of nitrogens with zero attached hydrogens (tertiary/aromatic N) is 2. The van der Waals surface area contributed by atoms with E-state index in [9.17, 15) is 0 Å². The third kappa shape index (κ3) is 3.15. The summed E-state index contributed by atoms with van der Waals surface area (Å²) in [6.45, 7) is 2.72. The molecule has 5 heteroatoms. The summed E-state index contributed by atoms with van der Waals surface area (Å²) in [6.07, 6.45) is 4.53. The highest BCUT2D eigenvalue weighted by atomic mass is 35.5. The van der Waals surface area contributed by atoms with Crippen LogP contribution in [0.2, 0.25) is 5.02 Å². The summed E-state index contributed by atoms with van der Waals surface area (Å²) in [5.41, 5.74) is 1.97. The molecule has 1 heterocycles. The maximum Gasteiger partial charge on any atom is 0.0860 e. The average Bonchev–Trinajstić information content (AvgIpc) is 2.54. The van der Waals surface area contributed by atoms with Crippen molar-refractivity contribution in [2.75, 3.05) is 0 Å². The molecule has 0 unspecified atom stereocenters. The molecule has 0 saturated heterocycles. The maximum absolute atomic E-state index is 6.21. The average molecular weight is 276 g/mol. The maximum atomic E-state index is 6.21. The lowest BCUT2D eigenvalue weighted by molar-refractivity contribution is 0.372. The summed E-state index contributed by atoms with van der Waals surface area (Å²) < 4.78 is 1.86. The highest BCUT2D eigenvalue weighted by Crippen LogP contribution is 2.24. The lowest BCUT2D eigenvalue weighted by Gasteiger charge is -2.25. The number of aryl methyl sites for hydroxylation is 2. The van der Waals surface area contributed by atoms with Crippen molar-refractivity contribution in [3.05, 3.63) is 16.4 Å². The normalized spacial score (nSPS) is 25.2. The van der Waals surface area contributed by atoms with Crippen molar-refractivity contribution >= 4 is 23.2 Å². The molecule has 0 spiro atoms. The van der Waals surface area contributed by atoms with Crippen molar-refractivity contribution in [2.45, 2.75) is 50.6 Å². The predicted octanol–water partition coefficient (Wildman–Crippen LogP) is 3.02. The number of rotatable bonds is 3. The molecule has 96 valence electrons. The molecule has 1 aliphatic rings. The predicted molar refractivity (Wildman–Crippen MR) is 71.7 cm³/mol. The Morgan fingerprint density at radius 2 is 2.00 bits per heavy atom. The van der Waals surface area contributed by atoms with Crippen molar-refractivity contribution in [1.29, 1.82) is 0 Å². The van der Waals surface area contributed by atoms with Crippen LogP contribution in [0.25, 0.3) is 0 Å². The molecule has 0 atom stereocenters. The summed E-state index contributed by atoms with van der Waals surface area (Å²) >= 11 is 12.3. The first-order valence-electron chi connectivity index (χ1n) is 6.13. The number of nitrogens with one attached hydrogen (secondary N) is 1. The highest BCUT2D eigenvalue weighted by Gasteiger charge is 2.20. The highest BCUT2D eigenvalue weighted by molar-refractivity contribution is 6.31. The molecule has 3 nitrogen and oxygen atoms in total. The first kappa shape index (κ1) is 13.2. The summed E-state index contributed by atoms with van der Waals surface area (Å²) in [4.78, 5) is 0. The van der Waals surface area contributed by atoms with Gasteiger partial charge in [-0.1, -0.05) is 11.6 Å². The van der Waals surface area contributed by atoms with Gasteiger partial charge in [0.05, 0.1) is 16.4 Å². The molecule has 0 radical (unpaired) electrons. The minimum Gasteiger partial charge on any atom is -0.308 e. The van der Waals surface area contributed by atoms with E-state index in [1.807, 2.05) is 18.7 Å². The first-order chi connectivity index (χ1) is 8.08. The number of hydrogen-bond acceptors (Lipinski definition) is 2. The number of aromatic nitrogens is 2. The zero-order chi connectivity index (χ0) is 12.4. The lowest BCUT2D eigenvalue weighted by atomic mass is 9.95. The van der Waals surface area contributed by atoms with Crippen LogP contribution in [0.5, 0.6) is 0 Å². The Morgan fingerprint density at radius 3 is 2.53 bits per heavy atom. The van der Waals surface area contributed by atoms with Gasteiger partial charge in [-0.25, -0.2) is 0 Å². The molecule has 1 N–H and O–H groups in total. The zero-order valence-corrected chi connectivity index (χ0v) is 11.9. The minimum absolute atomic E-state index is 0.371. The van der Waals surface area contributed by atoms with Crippen molar-refractivity contribution in [3.8, 4) is 0 Å². The van der Waals surface area contributed by atoms with Gasteiger partial charge in [0, 0.05) is 25.0 Å². The molecule has 0 amide bonds. The second-order valence-corrected chi connectivity index (χ2v) is 5.79. The molecule has 1 aromatic rings. The van der Waals surface area contributed by atoms with E-state index >= 15 is 0 Å². The largest absolute Gasteiger partial charge is 0.308 e. The van der Waals surface area contributed by atoms with Crippen LogP contribution in [0.4, 0.5) is 0 Å². The summed E-state index contributed by atoms with van der Waals surface area (Å²) in [7, 11) is 1.94. The van der Waals surface area contributed by atoms with Gasteiger partial charge in [-0.3, -0.25) is 4.68 Å². The minimum atomic E-state index is 0.371. The van der Waals surface area contributed by atoms with Crippen LogP contribution in [-0.2, 0) is 13.6 Å². The molecule has 0 aromatic carbocycles. The topological polar surface area (TPSA) is 29.9 Å². The van der Waals surface area contributed by atoms with Crippen LogP contribution in [0.3, 0.4) is 0 Å². The lowest BCUT2D eigenvalue weighted by Crippen LogP contribution is -2.33. The van der Waals surface area contributed by atoms with Gasteiger partial charge in [0.15, 0.2) is 0 Å². The molecule has 1 aliphatic carbocycles. The van der Waals surface area contributed by atoms with Crippen LogP contribution < -0.4 is 5.32 Å². The summed E-state index contributed by atoms with van der Waals surface area (Å²) in [6, 6.07) is 0.566. The van der Waals surface area contributed by atoms with Crippen LogP contribution in [-0.4, -0.2) is 21.2 Å². The van der Waals surface area contributed by atoms with E-state index in [-0.39, 0.29) is 0 Å². The monoisotopic (exact) mass is 275 g/mol.